The molecule has 0 saturated carbocycles. The molecule has 0 bridgehead atoms. The van der Waals surface area contributed by atoms with Gasteiger partial charge in [0.05, 0.1) is 12.3 Å². The highest BCUT2D eigenvalue weighted by Gasteiger charge is 2.31. The number of pyridine rings is 1. The van der Waals surface area contributed by atoms with E-state index in [2.05, 4.69) is 23.2 Å². The second-order valence-corrected chi connectivity index (χ2v) is 8.26. The van der Waals surface area contributed by atoms with Gasteiger partial charge in [0.2, 0.25) is 11.8 Å². The lowest BCUT2D eigenvalue weighted by Crippen LogP contribution is -2.38. The van der Waals surface area contributed by atoms with Gasteiger partial charge in [-0.25, -0.2) is 0 Å². The topological polar surface area (TPSA) is 53.5 Å². The highest BCUT2D eigenvalue weighted by atomic mass is 16.2. The predicted molar refractivity (Wildman–Crippen MR) is 126 cm³/mol. The predicted octanol–water partition coefficient (Wildman–Crippen LogP) is 3.84. The van der Waals surface area contributed by atoms with Gasteiger partial charge in [-0.1, -0.05) is 54.6 Å². The molecule has 2 heterocycles. The van der Waals surface area contributed by atoms with Crippen molar-refractivity contribution in [3.05, 3.63) is 90.3 Å². The van der Waals surface area contributed by atoms with Crippen molar-refractivity contribution >= 4 is 11.8 Å². The average molecular weight is 428 g/mol. The molecule has 1 aromatic heterocycles. The lowest BCUT2D eigenvalue weighted by atomic mass is 9.95. The molecule has 2 aromatic carbocycles. The Labute approximate surface area is 189 Å². The van der Waals surface area contributed by atoms with Crippen LogP contribution in [0.3, 0.4) is 0 Å². The fourth-order valence-electron chi connectivity index (χ4n) is 4.33. The fourth-order valence-corrected chi connectivity index (χ4v) is 4.33. The zero-order valence-corrected chi connectivity index (χ0v) is 18.5. The van der Waals surface area contributed by atoms with Gasteiger partial charge in [0.1, 0.15) is 0 Å². The molecule has 5 nitrogen and oxygen atoms in total. The van der Waals surface area contributed by atoms with Crippen molar-refractivity contribution in [1.29, 1.82) is 0 Å². The van der Waals surface area contributed by atoms with Crippen molar-refractivity contribution in [2.75, 3.05) is 26.2 Å². The number of hydrogen-bond acceptors (Lipinski definition) is 3. The fraction of sp³-hybridized carbons (Fsp3) is 0.296. The molecule has 1 aliphatic rings. The molecule has 32 heavy (non-hydrogen) atoms. The summed E-state index contributed by atoms with van der Waals surface area (Å²) in [6.07, 6.45) is 4.55. The van der Waals surface area contributed by atoms with Crippen LogP contribution in [0.1, 0.15) is 18.1 Å². The van der Waals surface area contributed by atoms with Crippen LogP contribution >= 0.6 is 0 Å². The Bertz CT molecular complexity index is 1050. The number of aromatic nitrogens is 1. The number of nitrogens with zero attached hydrogens (tertiary/aromatic N) is 3. The van der Waals surface area contributed by atoms with Gasteiger partial charge in [-0.3, -0.25) is 14.6 Å². The van der Waals surface area contributed by atoms with Crippen molar-refractivity contribution < 1.29 is 9.59 Å². The Morgan fingerprint density at radius 2 is 1.69 bits per heavy atom. The van der Waals surface area contributed by atoms with E-state index in [1.165, 1.54) is 0 Å². The summed E-state index contributed by atoms with van der Waals surface area (Å²) in [7, 11) is 0. The highest BCUT2D eigenvalue weighted by Crippen LogP contribution is 2.23. The zero-order chi connectivity index (χ0) is 22.3. The van der Waals surface area contributed by atoms with E-state index < -0.39 is 0 Å². The van der Waals surface area contributed by atoms with Crippen molar-refractivity contribution in [3.8, 4) is 11.1 Å². The Morgan fingerprint density at radius 3 is 2.44 bits per heavy atom. The summed E-state index contributed by atoms with van der Waals surface area (Å²) in [5, 5.41) is 0. The first kappa shape index (κ1) is 21.8. The number of hydrogen-bond donors (Lipinski definition) is 0. The summed E-state index contributed by atoms with van der Waals surface area (Å²) in [6, 6.07) is 22.1. The third-order valence-corrected chi connectivity index (χ3v) is 6.10. The molecule has 3 aromatic rings. The minimum atomic E-state index is -0.245. The van der Waals surface area contributed by atoms with Crippen LogP contribution in [0.4, 0.5) is 0 Å². The first-order chi connectivity index (χ1) is 15.6. The molecule has 164 valence electrons. The molecular formula is C27H29N3O2. The molecule has 0 N–H and O–H groups in total. The van der Waals surface area contributed by atoms with Gasteiger partial charge in [-0.05, 0) is 47.7 Å². The van der Waals surface area contributed by atoms with Crippen molar-refractivity contribution in [2.45, 2.75) is 19.8 Å². The Hall–Kier alpha value is -3.47. The molecule has 5 heteroatoms. The summed E-state index contributed by atoms with van der Waals surface area (Å²) in [6.45, 7) is 4.29. The maximum Gasteiger partial charge on any atom is 0.227 e. The van der Waals surface area contributed by atoms with Crippen LogP contribution in [0, 0.1) is 5.92 Å². The zero-order valence-electron chi connectivity index (χ0n) is 18.5. The summed E-state index contributed by atoms with van der Waals surface area (Å²) in [5.74, 6) is -0.0285. The molecule has 0 aliphatic carbocycles. The molecule has 1 aliphatic heterocycles. The summed E-state index contributed by atoms with van der Waals surface area (Å²) >= 11 is 0. The van der Waals surface area contributed by atoms with E-state index in [0.717, 1.165) is 22.3 Å². The van der Waals surface area contributed by atoms with Gasteiger partial charge < -0.3 is 9.80 Å². The Balaban J connectivity index is 1.53. The summed E-state index contributed by atoms with van der Waals surface area (Å²) in [5.41, 5.74) is 4.31. The number of rotatable bonds is 6. The van der Waals surface area contributed by atoms with Gasteiger partial charge in [0, 0.05) is 38.6 Å². The number of amides is 2. The number of benzene rings is 2. The first-order valence-electron chi connectivity index (χ1n) is 11.2. The molecule has 4 rings (SSSR count). The second-order valence-electron chi connectivity index (χ2n) is 8.26. The Morgan fingerprint density at radius 1 is 0.938 bits per heavy atom. The average Bonchev–Trinajstić information content (AvgIpc) is 2.99. The van der Waals surface area contributed by atoms with Gasteiger partial charge in [-0.15, -0.1) is 0 Å². The van der Waals surface area contributed by atoms with Crippen LogP contribution in [0.5, 0.6) is 0 Å². The molecule has 0 radical (unpaired) electrons. The molecule has 0 spiro atoms. The lowest BCUT2D eigenvalue weighted by Gasteiger charge is -2.24. The van der Waals surface area contributed by atoms with Crippen molar-refractivity contribution in [2.24, 2.45) is 5.92 Å². The lowest BCUT2D eigenvalue weighted by molar-refractivity contribution is -0.134. The van der Waals surface area contributed by atoms with E-state index >= 15 is 0 Å². The van der Waals surface area contributed by atoms with Gasteiger partial charge in [0.15, 0.2) is 0 Å². The standard InChI is InChI=1S/C27H29N3O2/c1-2-29-15-16-30(26(31)19-21-7-4-3-5-8-21)20-25(27(29)32)18-22-9-6-10-24(17-22)23-11-13-28-14-12-23/h3-14,17,25H,2,15-16,18-20H2,1H3. The van der Waals surface area contributed by atoms with Crippen LogP contribution < -0.4 is 0 Å². The largest absolute Gasteiger partial charge is 0.341 e. The minimum absolute atomic E-state index is 0.0810. The van der Waals surface area contributed by atoms with Gasteiger partial charge in [0.25, 0.3) is 0 Å². The molecule has 1 fully saturated rings. The van der Waals surface area contributed by atoms with E-state index in [4.69, 9.17) is 0 Å². The van der Waals surface area contributed by atoms with E-state index in [-0.39, 0.29) is 17.7 Å². The maximum atomic E-state index is 13.2. The first-order valence-corrected chi connectivity index (χ1v) is 11.2. The van der Waals surface area contributed by atoms with Gasteiger partial charge >= 0.3 is 0 Å². The number of carbonyl (C=O) groups excluding carboxylic acids is 2. The van der Waals surface area contributed by atoms with Gasteiger partial charge in [-0.2, -0.15) is 0 Å². The van der Waals surface area contributed by atoms with Crippen LogP contribution in [0.15, 0.2) is 79.1 Å². The van der Waals surface area contributed by atoms with E-state index in [1.807, 2.05) is 65.3 Å². The van der Waals surface area contributed by atoms with E-state index in [1.54, 1.807) is 12.4 Å². The number of likely N-dealkylation sites (N-methyl/N-ethyl adjacent to an activating group) is 1. The maximum absolute atomic E-state index is 13.2. The van der Waals surface area contributed by atoms with Crippen LogP contribution in [0.25, 0.3) is 11.1 Å². The molecular weight excluding hydrogens is 398 g/mol. The monoisotopic (exact) mass is 427 g/mol. The quantitative estimate of drug-likeness (QED) is 0.601. The summed E-state index contributed by atoms with van der Waals surface area (Å²) in [4.78, 5) is 34.1. The van der Waals surface area contributed by atoms with Crippen molar-refractivity contribution in [3.63, 3.8) is 0 Å². The Kier molecular flexibility index (Phi) is 6.95. The normalized spacial score (nSPS) is 16.7. The second kappa shape index (κ2) is 10.2. The number of carbonyl (C=O) groups is 2. The molecule has 1 saturated heterocycles. The van der Waals surface area contributed by atoms with Crippen molar-refractivity contribution in [1.82, 2.24) is 14.8 Å². The van der Waals surface area contributed by atoms with Crippen LogP contribution in [0.2, 0.25) is 0 Å². The van der Waals surface area contributed by atoms with Crippen LogP contribution in [-0.2, 0) is 22.4 Å². The minimum Gasteiger partial charge on any atom is -0.341 e. The van der Waals surface area contributed by atoms with E-state index in [9.17, 15) is 9.59 Å². The molecule has 1 unspecified atom stereocenters. The van der Waals surface area contributed by atoms with E-state index in [0.29, 0.717) is 39.0 Å². The highest BCUT2D eigenvalue weighted by molar-refractivity contribution is 5.83. The third kappa shape index (κ3) is 5.22. The SMILES string of the molecule is CCN1CCN(C(=O)Cc2ccccc2)CC(Cc2cccc(-c3ccncc3)c2)C1=O. The summed E-state index contributed by atoms with van der Waals surface area (Å²) < 4.78 is 0. The smallest absolute Gasteiger partial charge is 0.227 e. The molecule has 2 amide bonds. The molecule has 1 atom stereocenters. The third-order valence-electron chi connectivity index (χ3n) is 6.10. The van der Waals surface area contributed by atoms with Crippen LogP contribution in [-0.4, -0.2) is 52.8 Å².